The molecular weight excluding hydrogens is 371 g/mol. The van der Waals surface area contributed by atoms with Gasteiger partial charge in [0.1, 0.15) is 0 Å². The Morgan fingerprint density at radius 2 is 1.88 bits per heavy atom. The van der Waals surface area contributed by atoms with Gasteiger partial charge in [-0.05, 0) is 24.3 Å². The maximum absolute atomic E-state index is 12.4. The Morgan fingerprint density at radius 3 is 2.48 bits per heavy atom. The van der Waals surface area contributed by atoms with Crippen molar-refractivity contribution in [2.24, 2.45) is 0 Å². The fourth-order valence-corrected chi connectivity index (χ4v) is 3.35. The lowest BCUT2D eigenvalue weighted by atomic mass is 9.88. The standard InChI is InChI=1S/C16H10Cl2N2O5/c17-9-5-11(18)14-12(6-9)19-15(22)16(14,23)7-13(21)8-1-3-10(4-2-8)20(24)25/h1-6,23H,7H2,(H,19,22)/t16-/m1/s1. The maximum Gasteiger partial charge on any atom is 0.269 e. The molecule has 1 aliphatic rings. The Balaban J connectivity index is 1.93. The van der Waals surface area contributed by atoms with Crippen molar-refractivity contribution in [2.45, 2.75) is 12.0 Å². The molecule has 128 valence electrons. The van der Waals surface area contributed by atoms with Gasteiger partial charge in [0.15, 0.2) is 11.4 Å². The summed E-state index contributed by atoms with van der Waals surface area (Å²) in [5.41, 5.74) is -1.86. The van der Waals surface area contributed by atoms with E-state index in [1.165, 1.54) is 36.4 Å². The SMILES string of the molecule is O=C(C[C@]1(O)C(=O)Nc2cc(Cl)cc(Cl)c21)c1ccc([N+](=O)[O-])cc1. The summed E-state index contributed by atoms with van der Waals surface area (Å²) >= 11 is 12.0. The van der Waals surface area contributed by atoms with Crippen LogP contribution in [0.3, 0.4) is 0 Å². The number of non-ortho nitro benzene ring substituents is 1. The van der Waals surface area contributed by atoms with Crippen LogP contribution >= 0.6 is 23.2 Å². The summed E-state index contributed by atoms with van der Waals surface area (Å²) in [6, 6.07) is 7.67. The van der Waals surface area contributed by atoms with Crippen LogP contribution in [-0.2, 0) is 10.4 Å². The van der Waals surface area contributed by atoms with Crippen molar-refractivity contribution in [1.29, 1.82) is 0 Å². The summed E-state index contributed by atoms with van der Waals surface area (Å²) in [5, 5.41) is 24.2. The number of rotatable bonds is 4. The Hall–Kier alpha value is -2.48. The van der Waals surface area contributed by atoms with Gasteiger partial charge in [-0.2, -0.15) is 0 Å². The van der Waals surface area contributed by atoms with Crippen molar-refractivity contribution in [3.05, 3.63) is 67.7 Å². The highest BCUT2D eigenvalue weighted by molar-refractivity contribution is 6.36. The highest BCUT2D eigenvalue weighted by Crippen LogP contribution is 2.44. The van der Waals surface area contributed by atoms with Gasteiger partial charge in [0.25, 0.3) is 11.6 Å². The summed E-state index contributed by atoms with van der Waals surface area (Å²) in [4.78, 5) is 34.7. The minimum absolute atomic E-state index is 0.0554. The number of hydrogen-bond donors (Lipinski definition) is 2. The summed E-state index contributed by atoms with van der Waals surface area (Å²) in [6.45, 7) is 0. The molecule has 0 radical (unpaired) electrons. The van der Waals surface area contributed by atoms with Gasteiger partial charge in [0.2, 0.25) is 0 Å². The molecule has 3 rings (SSSR count). The van der Waals surface area contributed by atoms with Crippen LogP contribution in [0.1, 0.15) is 22.3 Å². The van der Waals surface area contributed by atoms with Crippen LogP contribution < -0.4 is 5.32 Å². The second kappa shape index (κ2) is 6.11. The Morgan fingerprint density at radius 1 is 1.24 bits per heavy atom. The van der Waals surface area contributed by atoms with E-state index in [-0.39, 0.29) is 32.5 Å². The molecule has 0 saturated carbocycles. The van der Waals surface area contributed by atoms with Gasteiger partial charge < -0.3 is 10.4 Å². The topological polar surface area (TPSA) is 110 Å². The van der Waals surface area contributed by atoms with E-state index >= 15 is 0 Å². The first kappa shape index (κ1) is 17.3. The van der Waals surface area contributed by atoms with Gasteiger partial charge >= 0.3 is 0 Å². The van der Waals surface area contributed by atoms with E-state index in [9.17, 15) is 24.8 Å². The summed E-state index contributed by atoms with van der Waals surface area (Å²) in [5.74, 6) is -1.35. The first-order chi connectivity index (χ1) is 11.7. The molecular formula is C16H10Cl2N2O5. The van der Waals surface area contributed by atoms with Gasteiger partial charge in [-0.3, -0.25) is 19.7 Å². The number of nitrogens with one attached hydrogen (secondary N) is 1. The highest BCUT2D eigenvalue weighted by Gasteiger charge is 2.48. The molecule has 0 spiro atoms. The average Bonchev–Trinajstić information content (AvgIpc) is 2.77. The van der Waals surface area contributed by atoms with E-state index in [4.69, 9.17) is 23.2 Å². The zero-order valence-corrected chi connectivity index (χ0v) is 14.0. The number of ketones is 1. The van der Waals surface area contributed by atoms with E-state index in [2.05, 4.69) is 5.32 Å². The lowest BCUT2D eigenvalue weighted by Crippen LogP contribution is -2.36. The third-order valence-electron chi connectivity index (χ3n) is 3.91. The molecule has 0 aromatic heterocycles. The molecule has 1 heterocycles. The monoisotopic (exact) mass is 380 g/mol. The van der Waals surface area contributed by atoms with Crippen molar-refractivity contribution >= 4 is 46.3 Å². The molecule has 9 heteroatoms. The maximum atomic E-state index is 12.4. The number of nitro groups is 1. The molecule has 0 fully saturated rings. The number of amides is 1. The second-order valence-electron chi connectivity index (χ2n) is 5.53. The predicted octanol–water partition coefficient (Wildman–Crippen LogP) is 3.31. The van der Waals surface area contributed by atoms with Crippen LogP contribution in [0, 0.1) is 10.1 Å². The van der Waals surface area contributed by atoms with Crippen LogP contribution in [-0.4, -0.2) is 21.7 Å². The Labute approximate surface area is 151 Å². The van der Waals surface area contributed by atoms with Gasteiger partial charge in [-0.15, -0.1) is 0 Å². The minimum atomic E-state index is -2.14. The van der Waals surface area contributed by atoms with Crippen LogP contribution in [0.25, 0.3) is 0 Å². The minimum Gasteiger partial charge on any atom is -0.375 e. The number of aliphatic hydroxyl groups is 1. The Bertz CT molecular complexity index is 913. The van der Waals surface area contributed by atoms with Gasteiger partial charge in [0.05, 0.1) is 22.1 Å². The number of nitro benzene ring substituents is 1. The quantitative estimate of drug-likeness (QED) is 0.480. The normalized spacial score (nSPS) is 18.6. The summed E-state index contributed by atoms with van der Waals surface area (Å²) in [7, 11) is 0. The van der Waals surface area contributed by atoms with Crippen LogP contribution in [0.2, 0.25) is 10.0 Å². The van der Waals surface area contributed by atoms with E-state index in [0.717, 1.165) is 0 Å². The number of Topliss-reactive ketones (excluding diaryl/α,β-unsaturated/α-hetero) is 1. The third kappa shape index (κ3) is 2.97. The lowest BCUT2D eigenvalue weighted by Gasteiger charge is -2.21. The summed E-state index contributed by atoms with van der Waals surface area (Å²) < 4.78 is 0. The number of nitrogens with zero attached hydrogens (tertiary/aromatic N) is 1. The predicted molar refractivity (Wildman–Crippen MR) is 91.0 cm³/mol. The number of halogens is 2. The molecule has 1 atom stereocenters. The van der Waals surface area contributed by atoms with Crippen molar-refractivity contribution in [3.8, 4) is 0 Å². The number of anilines is 1. The van der Waals surface area contributed by atoms with Gasteiger partial charge in [0, 0.05) is 28.3 Å². The van der Waals surface area contributed by atoms with Gasteiger partial charge in [-0.1, -0.05) is 23.2 Å². The molecule has 1 amide bonds. The molecule has 1 aliphatic heterocycles. The van der Waals surface area contributed by atoms with Crippen LogP contribution in [0.15, 0.2) is 36.4 Å². The molecule has 0 aliphatic carbocycles. The molecule has 0 saturated heterocycles. The van der Waals surface area contributed by atoms with E-state index in [1.54, 1.807) is 0 Å². The van der Waals surface area contributed by atoms with Crippen molar-refractivity contribution < 1.29 is 19.6 Å². The zero-order valence-electron chi connectivity index (χ0n) is 12.5. The van der Waals surface area contributed by atoms with E-state index in [0.29, 0.717) is 0 Å². The lowest BCUT2D eigenvalue weighted by molar-refractivity contribution is -0.384. The molecule has 2 aromatic carbocycles. The number of hydrogen-bond acceptors (Lipinski definition) is 5. The first-order valence-electron chi connectivity index (χ1n) is 7.03. The van der Waals surface area contributed by atoms with Crippen LogP contribution in [0.5, 0.6) is 0 Å². The molecule has 25 heavy (non-hydrogen) atoms. The third-order valence-corrected chi connectivity index (χ3v) is 4.43. The molecule has 2 aromatic rings. The highest BCUT2D eigenvalue weighted by atomic mass is 35.5. The Kier molecular flexibility index (Phi) is 4.24. The zero-order chi connectivity index (χ0) is 18.4. The molecule has 7 nitrogen and oxygen atoms in total. The van der Waals surface area contributed by atoms with E-state index < -0.39 is 28.6 Å². The van der Waals surface area contributed by atoms with Crippen molar-refractivity contribution in [1.82, 2.24) is 0 Å². The van der Waals surface area contributed by atoms with Crippen molar-refractivity contribution in [2.75, 3.05) is 5.32 Å². The fourth-order valence-electron chi connectivity index (χ4n) is 2.70. The summed E-state index contributed by atoms with van der Waals surface area (Å²) in [6.07, 6.45) is -0.564. The number of carbonyl (C=O) groups excluding carboxylic acids is 2. The molecule has 0 bridgehead atoms. The number of carbonyl (C=O) groups is 2. The molecule has 0 unspecified atom stereocenters. The van der Waals surface area contributed by atoms with Crippen LogP contribution in [0.4, 0.5) is 11.4 Å². The smallest absolute Gasteiger partial charge is 0.269 e. The largest absolute Gasteiger partial charge is 0.375 e. The number of benzene rings is 2. The number of fused-ring (bicyclic) bond motifs is 1. The van der Waals surface area contributed by atoms with E-state index in [1.807, 2.05) is 0 Å². The fraction of sp³-hybridized carbons (Fsp3) is 0.125. The van der Waals surface area contributed by atoms with Gasteiger partial charge in [-0.25, -0.2) is 0 Å². The second-order valence-corrected chi connectivity index (χ2v) is 6.37. The first-order valence-corrected chi connectivity index (χ1v) is 7.79. The average molecular weight is 381 g/mol. The molecule has 2 N–H and O–H groups in total. The van der Waals surface area contributed by atoms with Crippen molar-refractivity contribution in [3.63, 3.8) is 0 Å².